The van der Waals surface area contributed by atoms with Gasteiger partial charge in [0.25, 0.3) is 0 Å². The van der Waals surface area contributed by atoms with Gasteiger partial charge in [0.2, 0.25) is 0 Å². The van der Waals surface area contributed by atoms with E-state index in [4.69, 9.17) is 16.3 Å². The largest absolute Gasteiger partial charge is 0.452 e. The van der Waals surface area contributed by atoms with Crippen LogP contribution in [0.5, 0.6) is 0 Å². The Morgan fingerprint density at radius 3 is 2.85 bits per heavy atom. The molecule has 2 atom stereocenters. The fraction of sp³-hybridized carbons (Fsp3) is 0.300. The molecule has 1 aliphatic rings. The van der Waals surface area contributed by atoms with Crippen molar-refractivity contribution < 1.29 is 9.53 Å². The fourth-order valence-electron chi connectivity index (χ4n) is 1.51. The van der Waals surface area contributed by atoms with Gasteiger partial charge in [-0.3, -0.25) is 0 Å². The van der Waals surface area contributed by atoms with Crippen LogP contribution in [0, 0.1) is 0 Å². The van der Waals surface area contributed by atoms with E-state index in [-0.39, 0.29) is 17.5 Å². The van der Waals surface area contributed by atoms with Crippen LogP contribution in [0.1, 0.15) is 28.9 Å². The molecule has 0 bridgehead atoms. The quantitative estimate of drug-likeness (QED) is 0.510. The third-order valence-electron chi connectivity index (χ3n) is 2.14. The molecule has 13 heavy (non-hydrogen) atoms. The van der Waals surface area contributed by atoms with Crippen molar-refractivity contribution in [1.29, 1.82) is 0 Å². The van der Waals surface area contributed by atoms with Gasteiger partial charge in [0, 0.05) is 5.56 Å². The molecule has 3 heteroatoms. The van der Waals surface area contributed by atoms with E-state index in [1.807, 2.05) is 25.1 Å². The van der Waals surface area contributed by atoms with Crippen molar-refractivity contribution in [1.82, 2.24) is 0 Å². The number of alkyl halides is 1. The van der Waals surface area contributed by atoms with Crippen LogP contribution in [0.15, 0.2) is 24.3 Å². The van der Waals surface area contributed by atoms with E-state index in [9.17, 15) is 4.79 Å². The maximum atomic E-state index is 11.3. The standard InChI is InChI=1S/C10H9ClO2/c1-6(11)9-7-4-2-3-5-8(7)10(12)13-9/h2-6,9H,1H3. The SMILES string of the molecule is CC(Cl)C1OC(=O)c2ccccc21. The average molecular weight is 197 g/mol. The number of ether oxygens (including phenoxy) is 1. The first-order valence-electron chi connectivity index (χ1n) is 4.14. The summed E-state index contributed by atoms with van der Waals surface area (Å²) >= 11 is 5.90. The number of rotatable bonds is 1. The van der Waals surface area contributed by atoms with Crippen molar-refractivity contribution >= 4 is 17.6 Å². The maximum absolute atomic E-state index is 11.3. The summed E-state index contributed by atoms with van der Waals surface area (Å²) in [6.07, 6.45) is -0.287. The molecule has 0 saturated carbocycles. The zero-order valence-electron chi connectivity index (χ0n) is 7.16. The van der Waals surface area contributed by atoms with Crippen molar-refractivity contribution in [3.05, 3.63) is 35.4 Å². The first-order valence-corrected chi connectivity index (χ1v) is 4.58. The molecule has 1 aromatic rings. The van der Waals surface area contributed by atoms with Crippen molar-refractivity contribution in [2.24, 2.45) is 0 Å². The molecule has 1 heterocycles. The van der Waals surface area contributed by atoms with Gasteiger partial charge in [-0.1, -0.05) is 18.2 Å². The summed E-state index contributed by atoms with van der Waals surface area (Å²) in [5, 5.41) is -0.187. The van der Waals surface area contributed by atoms with Crippen LogP contribution in [0.25, 0.3) is 0 Å². The van der Waals surface area contributed by atoms with Gasteiger partial charge in [0.1, 0.15) is 6.10 Å². The molecule has 0 aromatic heterocycles. The Kier molecular flexibility index (Phi) is 2.00. The predicted molar refractivity (Wildman–Crippen MR) is 49.9 cm³/mol. The van der Waals surface area contributed by atoms with E-state index < -0.39 is 0 Å². The molecule has 1 aromatic carbocycles. The number of benzene rings is 1. The Bertz CT molecular complexity index is 347. The number of hydrogen-bond acceptors (Lipinski definition) is 2. The molecule has 2 unspecified atom stereocenters. The van der Waals surface area contributed by atoms with E-state index in [1.165, 1.54) is 0 Å². The summed E-state index contributed by atoms with van der Waals surface area (Å²) < 4.78 is 5.12. The molecule has 0 radical (unpaired) electrons. The summed E-state index contributed by atoms with van der Waals surface area (Å²) in [5.41, 5.74) is 1.54. The minimum atomic E-state index is -0.287. The Hall–Kier alpha value is -1.02. The molecule has 0 fully saturated rings. The van der Waals surface area contributed by atoms with Crippen LogP contribution in [-0.2, 0) is 4.74 Å². The lowest BCUT2D eigenvalue weighted by atomic mass is 10.0. The number of carbonyl (C=O) groups excluding carboxylic acids is 1. The second-order valence-corrected chi connectivity index (χ2v) is 3.78. The molecule has 0 amide bonds. The van der Waals surface area contributed by atoms with Crippen molar-refractivity contribution in [3.8, 4) is 0 Å². The monoisotopic (exact) mass is 196 g/mol. The predicted octanol–water partition coefficient (Wildman–Crippen LogP) is 2.53. The molecule has 0 saturated heterocycles. The van der Waals surface area contributed by atoms with Crippen molar-refractivity contribution in [3.63, 3.8) is 0 Å². The number of hydrogen-bond donors (Lipinski definition) is 0. The normalized spacial score (nSPS) is 22.3. The zero-order valence-corrected chi connectivity index (χ0v) is 7.91. The minimum Gasteiger partial charge on any atom is -0.452 e. The van der Waals surface area contributed by atoms with E-state index in [1.54, 1.807) is 6.07 Å². The first kappa shape index (κ1) is 8.57. The summed E-state index contributed by atoms with van der Waals surface area (Å²) in [5.74, 6) is -0.270. The highest BCUT2D eigenvalue weighted by molar-refractivity contribution is 6.21. The van der Waals surface area contributed by atoms with Gasteiger partial charge in [-0.25, -0.2) is 4.79 Å². The lowest BCUT2D eigenvalue weighted by Crippen LogP contribution is -2.08. The lowest BCUT2D eigenvalue weighted by molar-refractivity contribution is 0.0385. The Labute approximate surface area is 81.5 Å². The highest BCUT2D eigenvalue weighted by atomic mass is 35.5. The summed E-state index contributed by atoms with van der Waals surface area (Å²) in [4.78, 5) is 11.3. The van der Waals surface area contributed by atoms with Gasteiger partial charge >= 0.3 is 5.97 Å². The van der Waals surface area contributed by atoms with Crippen LogP contribution >= 0.6 is 11.6 Å². The van der Waals surface area contributed by atoms with E-state index >= 15 is 0 Å². The molecule has 1 aliphatic heterocycles. The van der Waals surface area contributed by atoms with Gasteiger partial charge in [-0.2, -0.15) is 0 Å². The molecule has 0 spiro atoms. The number of halogens is 1. The number of fused-ring (bicyclic) bond motifs is 1. The van der Waals surface area contributed by atoms with Gasteiger partial charge in [0.15, 0.2) is 0 Å². The Morgan fingerprint density at radius 1 is 1.46 bits per heavy atom. The number of esters is 1. The third kappa shape index (κ3) is 1.31. The molecule has 2 nitrogen and oxygen atoms in total. The zero-order chi connectivity index (χ0) is 9.42. The molecular formula is C10H9ClO2. The van der Waals surface area contributed by atoms with Crippen LogP contribution in [-0.4, -0.2) is 11.3 Å². The smallest absolute Gasteiger partial charge is 0.339 e. The molecule has 2 rings (SSSR count). The van der Waals surface area contributed by atoms with Gasteiger partial charge in [-0.05, 0) is 13.0 Å². The van der Waals surface area contributed by atoms with E-state index in [0.29, 0.717) is 5.56 Å². The molecule has 0 aliphatic carbocycles. The van der Waals surface area contributed by atoms with Crippen molar-refractivity contribution in [2.75, 3.05) is 0 Å². The van der Waals surface area contributed by atoms with Crippen LogP contribution in [0.2, 0.25) is 0 Å². The first-order chi connectivity index (χ1) is 6.20. The number of carbonyl (C=O) groups is 1. The fourth-order valence-corrected chi connectivity index (χ4v) is 1.70. The number of cyclic esters (lactones) is 1. The average Bonchev–Trinajstić information content (AvgIpc) is 2.45. The highest BCUT2D eigenvalue weighted by Crippen LogP contribution is 2.34. The van der Waals surface area contributed by atoms with Crippen LogP contribution < -0.4 is 0 Å². The van der Waals surface area contributed by atoms with Gasteiger partial charge in [-0.15, -0.1) is 11.6 Å². The Balaban J connectivity index is 2.47. The second kappa shape index (κ2) is 3.04. The third-order valence-corrected chi connectivity index (χ3v) is 2.37. The van der Waals surface area contributed by atoms with E-state index in [0.717, 1.165) is 5.56 Å². The highest BCUT2D eigenvalue weighted by Gasteiger charge is 2.33. The van der Waals surface area contributed by atoms with Crippen LogP contribution in [0.4, 0.5) is 0 Å². The Morgan fingerprint density at radius 2 is 2.15 bits per heavy atom. The summed E-state index contributed by atoms with van der Waals surface area (Å²) in [6, 6.07) is 7.34. The van der Waals surface area contributed by atoms with Crippen molar-refractivity contribution in [2.45, 2.75) is 18.4 Å². The summed E-state index contributed by atoms with van der Waals surface area (Å²) in [7, 11) is 0. The lowest BCUT2D eigenvalue weighted by Gasteiger charge is -2.11. The minimum absolute atomic E-state index is 0.187. The maximum Gasteiger partial charge on any atom is 0.339 e. The molecular weight excluding hydrogens is 188 g/mol. The van der Waals surface area contributed by atoms with Crippen LogP contribution in [0.3, 0.4) is 0 Å². The topological polar surface area (TPSA) is 26.3 Å². The van der Waals surface area contributed by atoms with Gasteiger partial charge in [0.05, 0.1) is 10.9 Å². The summed E-state index contributed by atoms with van der Waals surface area (Å²) in [6.45, 7) is 1.82. The second-order valence-electron chi connectivity index (χ2n) is 3.09. The molecule has 68 valence electrons. The molecule has 0 N–H and O–H groups in total. The van der Waals surface area contributed by atoms with E-state index in [2.05, 4.69) is 0 Å². The van der Waals surface area contributed by atoms with Gasteiger partial charge < -0.3 is 4.74 Å².